The summed E-state index contributed by atoms with van der Waals surface area (Å²) in [7, 11) is 2.02. The molecule has 0 amide bonds. The normalized spacial score (nSPS) is 10.3. The molecule has 104 valence electrons. The van der Waals surface area contributed by atoms with E-state index in [0.717, 1.165) is 22.3 Å². The Morgan fingerprint density at radius 3 is 2.50 bits per heavy atom. The van der Waals surface area contributed by atoms with Gasteiger partial charge in [-0.05, 0) is 36.8 Å². The zero-order valence-corrected chi connectivity index (χ0v) is 13.4. The quantitative estimate of drug-likeness (QED) is 0.753. The van der Waals surface area contributed by atoms with Crippen molar-refractivity contribution in [3.05, 3.63) is 64.1 Å². The monoisotopic (exact) mass is 331 g/mol. The van der Waals surface area contributed by atoms with E-state index in [4.69, 9.17) is 0 Å². The summed E-state index contributed by atoms with van der Waals surface area (Å²) in [6, 6.07) is 15.8. The lowest BCUT2D eigenvalue weighted by molar-refractivity contribution is 0.0985. The van der Waals surface area contributed by atoms with Gasteiger partial charge in [0.1, 0.15) is 0 Å². The van der Waals surface area contributed by atoms with Crippen molar-refractivity contribution < 1.29 is 4.79 Å². The van der Waals surface area contributed by atoms with Gasteiger partial charge in [0, 0.05) is 35.7 Å². The second kappa shape index (κ2) is 6.71. The fourth-order valence-corrected chi connectivity index (χ4v) is 2.31. The summed E-state index contributed by atoms with van der Waals surface area (Å²) in [4.78, 5) is 14.2. The van der Waals surface area contributed by atoms with Gasteiger partial charge in [-0.2, -0.15) is 0 Å². The Hall–Kier alpha value is -1.61. The number of aryl methyl sites for hydroxylation is 1. The molecule has 0 spiro atoms. The van der Waals surface area contributed by atoms with E-state index in [1.165, 1.54) is 5.56 Å². The average molecular weight is 332 g/mol. The van der Waals surface area contributed by atoms with Gasteiger partial charge in [0.15, 0.2) is 5.78 Å². The van der Waals surface area contributed by atoms with Gasteiger partial charge in [0.05, 0.1) is 0 Å². The van der Waals surface area contributed by atoms with E-state index >= 15 is 0 Å². The highest BCUT2D eigenvalue weighted by molar-refractivity contribution is 9.10. The summed E-state index contributed by atoms with van der Waals surface area (Å²) in [6.45, 7) is 2.79. The molecular formula is C17H18BrNO. The molecule has 0 aliphatic rings. The molecule has 2 aromatic rings. The van der Waals surface area contributed by atoms with Crippen LogP contribution in [0.15, 0.2) is 53.0 Å². The fourth-order valence-electron chi connectivity index (χ4n) is 2.04. The molecule has 2 aromatic carbocycles. The molecular weight excluding hydrogens is 314 g/mol. The molecule has 0 N–H and O–H groups in total. The third-order valence-electron chi connectivity index (χ3n) is 3.28. The van der Waals surface area contributed by atoms with E-state index < -0.39 is 0 Å². The van der Waals surface area contributed by atoms with Crippen molar-refractivity contribution in [1.29, 1.82) is 0 Å². The Balaban J connectivity index is 1.94. The van der Waals surface area contributed by atoms with E-state index in [0.29, 0.717) is 6.42 Å². The molecule has 0 aromatic heterocycles. The third kappa shape index (κ3) is 3.94. The summed E-state index contributed by atoms with van der Waals surface area (Å²) < 4.78 is 0.992. The van der Waals surface area contributed by atoms with Gasteiger partial charge in [-0.25, -0.2) is 0 Å². The van der Waals surface area contributed by atoms with E-state index in [9.17, 15) is 4.79 Å². The predicted molar refractivity (Wildman–Crippen MR) is 87.5 cm³/mol. The highest BCUT2D eigenvalue weighted by Crippen LogP contribution is 2.16. The molecule has 0 bridgehead atoms. The topological polar surface area (TPSA) is 20.3 Å². The maximum absolute atomic E-state index is 12.1. The van der Waals surface area contributed by atoms with Crippen LogP contribution in [0.25, 0.3) is 0 Å². The van der Waals surface area contributed by atoms with Crippen molar-refractivity contribution in [3.63, 3.8) is 0 Å². The van der Waals surface area contributed by atoms with Crippen molar-refractivity contribution >= 4 is 27.4 Å². The Morgan fingerprint density at radius 1 is 1.15 bits per heavy atom. The first-order valence-electron chi connectivity index (χ1n) is 6.63. The van der Waals surface area contributed by atoms with Crippen molar-refractivity contribution in [2.45, 2.75) is 13.3 Å². The van der Waals surface area contributed by atoms with Gasteiger partial charge in [-0.15, -0.1) is 0 Å². The first-order chi connectivity index (χ1) is 9.56. The number of benzene rings is 2. The van der Waals surface area contributed by atoms with E-state index in [1.54, 1.807) is 0 Å². The molecule has 0 atom stereocenters. The van der Waals surface area contributed by atoms with Crippen LogP contribution in [0.2, 0.25) is 0 Å². The maximum atomic E-state index is 12.1. The van der Waals surface area contributed by atoms with Crippen LogP contribution in [0.4, 0.5) is 5.69 Å². The number of rotatable bonds is 5. The highest BCUT2D eigenvalue weighted by atomic mass is 79.9. The van der Waals surface area contributed by atoms with E-state index in [1.807, 2.05) is 37.4 Å². The Kier molecular flexibility index (Phi) is 4.96. The van der Waals surface area contributed by atoms with Gasteiger partial charge in [0.25, 0.3) is 0 Å². The number of ketones is 1. The molecule has 0 aliphatic carbocycles. The van der Waals surface area contributed by atoms with Gasteiger partial charge in [-0.3, -0.25) is 4.79 Å². The van der Waals surface area contributed by atoms with Crippen LogP contribution in [0.5, 0.6) is 0 Å². The highest BCUT2D eigenvalue weighted by Gasteiger charge is 2.08. The lowest BCUT2D eigenvalue weighted by atomic mass is 10.1. The number of carbonyl (C=O) groups excluding carboxylic acids is 1. The SMILES string of the molecule is Cc1cccc(N(C)CCC(=O)c2ccc(Br)cc2)c1. The van der Waals surface area contributed by atoms with Crippen LogP contribution in [0, 0.1) is 6.92 Å². The average Bonchev–Trinajstić information content (AvgIpc) is 2.45. The lowest BCUT2D eigenvalue weighted by Crippen LogP contribution is -2.21. The van der Waals surface area contributed by atoms with Crippen LogP contribution < -0.4 is 4.90 Å². The summed E-state index contributed by atoms with van der Waals surface area (Å²) in [6.07, 6.45) is 0.520. The zero-order chi connectivity index (χ0) is 14.5. The van der Waals surface area contributed by atoms with Gasteiger partial charge in [-0.1, -0.05) is 40.2 Å². The first-order valence-corrected chi connectivity index (χ1v) is 7.42. The molecule has 20 heavy (non-hydrogen) atoms. The molecule has 0 aliphatic heterocycles. The zero-order valence-electron chi connectivity index (χ0n) is 11.8. The van der Waals surface area contributed by atoms with Crippen molar-refractivity contribution in [3.8, 4) is 0 Å². The van der Waals surface area contributed by atoms with Gasteiger partial charge in [0.2, 0.25) is 0 Å². The minimum atomic E-state index is 0.178. The van der Waals surface area contributed by atoms with Crippen LogP contribution in [0.1, 0.15) is 22.3 Å². The van der Waals surface area contributed by atoms with Gasteiger partial charge >= 0.3 is 0 Å². The third-order valence-corrected chi connectivity index (χ3v) is 3.81. The largest absolute Gasteiger partial charge is 0.374 e. The summed E-state index contributed by atoms with van der Waals surface area (Å²) >= 11 is 3.37. The van der Waals surface area contributed by atoms with Crippen LogP contribution in [-0.2, 0) is 0 Å². The lowest BCUT2D eigenvalue weighted by Gasteiger charge is -2.19. The Morgan fingerprint density at radius 2 is 1.85 bits per heavy atom. The molecule has 2 rings (SSSR count). The summed E-state index contributed by atoms with van der Waals surface area (Å²) in [5.41, 5.74) is 3.15. The summed E-state index contributed by atoms with van der Waals surface area (Å²) in [5.74, 6) is 0.178. The molecule has 0 unspecified atom stereocenters. The number of anilines is 1. The number of hydrogen-bond acceptors (Lipinski definition) is 2. The molecule has 0 fully saturated rings. The van der Waals surface area contributed by atoms with E-state index in [-0.39, 0.29) is 5.78 Å². The smallest absolute Gasteiger partial charge is 0.164 e. The summed E-state index contributed by atoms with van der Waals surface area (Å²) in [5, 5.41) is 0. The Labute approximate surface area is 128 Å². The number of halogens is 1. The van der Waals surface area contributed by atoms with Crippen LogP contribution in [0.3, 0.4) is 0 Å². The predicted octanol–water partition coefficient (Wildman–Crippen LogP) is 4.47. The second-order valence-electron chi connectivity index (χ2n) is 4.94. The molecule has 0 saturated carbocycles. The van der Waals surface area contributed by atoms with Crippen molar-refractivity contribution in [2.75, 3.05) is 18.5 Å². The maximum Gasteiger partial charge on any atom is 0.164 e. The molecule has 3 heteroatoms. The molecule has 0 radical (unpaired) electrons. The fraction of sp³-hybridized carbons (Fsp3) is 0.235. The number of nitrogens with zero attached hydrogens (tertiary/aromatic N) is 1. The van der Waals surface area contributed by atoms with Crippen LogP contribution in [-0.4, -0.2) is 19.4 Å². The van der Waals surface area contributed by atoms with Crippen molar-refractivity contribution in [1.82, 2.24) is 0 Å². The standard InChI is InChI=1S/C17H18BrNO/c1-13-4-3-5-16(12-13)19(2)11-10-17(20)14-6-8-15(18)9-7-14/h3-9,12H,10-11H2,1-2H3. The van der Waals surface area contributed by atoms with Crippen LogP contribution >= 0.6 is 15.9 Å². The minimum Gasteiger partial charge on any atom is -0.374 e. The molecule has 0 saturated heterocycles. The minimum absolute atomic E-state index is 0.178. The number of hydrogen-bond donors (Lipinski definition) is 0. The molecule has 2 nitrogen and oxygen atoms in total. The van der Waals surface area contributed by atoms with Crippen molar-refractivity contribution in [2.24, 2.45) is 0 Å². The Bertz CT molecular complexity index is 592. The second-order valence-corrected chi connectivity index (χ2v) is 5.86. The molecule has 0 heterocycles. The van der Waals surface area contributed by atoms with Gasteiger partial charge < -0.3 is 4.90 Å². The number of carbonyl (C=O) groups is 1. The number of Topliss-reactive ketones (excluding diaryl/α,β-unsaturated/α-hetero) is 1. The first kappa shape index (κ1) is 14.8. The van der Waals surface area contributed by atoms with E-state index in [2.05, 4.69) is 46.0 Å².